The van der Waals surface area contributed by atoms with E-state index in [1.165, 1.54) is 12.1 Å². The molecule has 0 fully saturated rings. The van der Waals surface area contributed by atoms with Crippen LogP contribution in [0.15, 0.2) is 88.7 Å². The molecule has 0 bridgehead atoms. The lowest BCUT2D eigenvalue weighted by Gasteiger charge is -2.10. The van der Waals surface area contributed by atoms with Gasteiger partial charge in [-0.05, 0) is 30.2 Å². The van der Waals surface area contributed by atoms with Crippen molar-refractivity contribution < 1.29 is 13.2 Å². The highest BCUT2D eigenvalue weighted by Gasteiger charge is 2.38. The summed E-state index contributed by atoms with van der Waals surface area (Å²) >= 11 is 0. The Morgan fingerprint density at radius 1 is 0.692 bits per heavy atom. The van der Waals surface area contributed by atoms with E-state index in [0.717, 1.165) is 11.1 Å². The second kappa shape index (κ2) is 6.07. The van der Waals surface area contributed by atoms with E-state index >= 15 is 0 Å². The number of carbonyl (C=O) groups excluding carboxylic acids is 1. The van der Waals surface area contributed by atoms with Crippen LogP contribution >= 0.6 is 0 Å². The van der Waals surface area contributed by atoms with Crippen LogP contribution in [0.5, 0.6) is 0 Å². The number of carbonyl (C=O) groups is 1. The lowest BCUT2D eigenvalue weighted by molar-refractivity contribution is 0.104. The van der Waals surface area contributed by atoms with Gasteiger partial charge in [-0.2, -0.15) is 0 Å². The summed E-state index contributed by atoms with van der Waals surface area (Å²) in [6.07, 6.45) is 0. The monoisotopic (exact) mass is 360 g/mol. The summed E-state index contributed by atoms with van der Waals surface area (Å²) < 4.78 is 26.6. The molecule has 0 unspecified atom stereocenters. The zero-order chi connectivity index (χ0) is 18.3. The van der Waals surface area contributed by atoms with Gasteiger partial charge in [-0.3, -0.25) is 4.79 Å². The molecular formula is C22H16O3S. The summed E-state index contributed by atoms with van der Waals surface area (Å²) in [5.74, 6) is -0.444. The fourth-order valence-electron chi connectivity index (χ4n) is 3.24. The SMILES string of the molecule is Cc1ccc(C2=C(S(=O)(=O)c3ccccc3)C(=O)c3ccccc32)cc1. The predicted molar refractivity (Wildman–Crippen MR) is 102 cm³/mol. The van der Waals surface area contributed by atoms with E-state index in [9.17, 15) is 13.2 Å². The minimum atomic E-state index is -3.93. The summed E-state index contributed by atoms with van der Waals surface area (Å²) in [5.41, 5.74) is 3.37. The van der Waals surface area contributed by atoms with E-state index in [1.54, 1.807) is 36.4 Å². The summed E-state index contributed by atoms with van der Waals surface area (Å²) in [6, 6.07) is 22.7. The molecule has 3 aromatic carbocycles. The number of allylic oxidation sites excluding steroid dienone is 1. The zero-order valence-corrected chi connectivity index (χ0v) is 15.0. The van der Waals surface area contributed by atoms with Gasteiger partial charge in [0.25, 0.3) is 0 Å². The van der Waals surface area contributed by atoms with Crippen LogP contribution in [0.1, 0.15) is 27.0 Å². The average molecular weight is 360 g/mol. The Hall–Kier alpha value is -2.98. The standard InChI is InChI=1S/C22H16O3S/c1-15-11-13-16(14-12-15)20-18-9-5-6-10-19(18)21(23)22(20)26(24,25)17-7-3-2-4-8-17/h2-14H,1H3. The molecule has 0 aromatic heterocycles. The smallest absolute Gasteiger partial charge is 0.211 e. The van der Waals surface area contributed by atoms with Crippen molar-refractivity contribution in [1.29, 1.82) is 0 Å². The van der Waals surface area contributed by atoms with E-state index in [-0.39, 0.29) is 9.80 Å². The van der Waals surface area contributed by atoms with Crippen molar-refractivity contribution in [3.05, 3.63) is 106 Å². The van der Waals surface area contributed by atoms with Crippen LogP contribution in [0.2, 0.25) is 0 Å². The molecule has 0 radical (unpaired) electrons. The van der Waals surface area contributed by atoms with E-state index in [2.05, 4.69) is 0 Å². The predicted octanol–water partition coefficient (Wildman–Crippen LogP) is 4.42. The van der Waals surface area contributed by atoms with E-state index in [4.69, 9.17) is 0 Å². The Labute approximate surface area is 152 Å². The molecule has 128 valence electrons. The van der Waals surface area contributed by atoms with Gasteiger partial charge in [0, 0.05) is 11.1 Å². The fourth-order valence-corrected chi connectivity index (χ4v) is 4.84. The number of aryl methyl sites for hydroxylation is 1. The fraction of sp³-hybridized carbons (Fsp3) is 0.0455. The number of sulfone groups is 1. The first-order valence-corrected chi connectivity index (χ1v) is 9.74. The number of rotatable bonds is 3. The largest absolute Gasteiger partial charge is 0.288 e. The minimum absolute atomic E-state index is 0.126. The number of hydrogen-bond donors (Lipinski definition) is 0. The van der Waals surface area contributed by atoms with Crippen molar-refractivity contribution in [3.8, 4) is 0 Å². The maximum absolute atomic E-state index is 13.3. The van der Waals surface area contributed by atoms with E-state index in [0.29, 0.717) is 16.7 Å². The topological polar surface area (TPSA) is 51.2 Å². The molecule has 0 aliphatic heterocycles. The molecule has 1 aliphatic rings. The molecular weight excluding hydrogens is 344 g/mol. The van der Waals surface area contributed by atoms with Gasteiger partial charge in [-0.1, -0.05) is 72.3 Å². The van der Waals surface area contributed by atoms with Crippen LogP contribution in [0.3, 0.4) is 0 Å². The summed E-state index contributed by atoms with van der Waals surface area (Å²) in [5, 5.41) is 0. The van der Waals surface area contributed by atoms with Gasteiger partial charge in [0.1, 0.15) is 4.91 Å². The Kier molecular flexibility index (Phi) is 3.85. The number of Topliss-reactive ketones (excluding diaryl/α,β-unsaturated/α-hetero) is 1. The number of fused-ring (bicyclic) bond motifs is 1. The van der Waals surface area contributed by atoms with Crippen molar-refractivity contribution >= 4 is 21.2 Å². The molecule has 3 aromatic rings. The quantitative estimate of drug-likeness (QED) is 0.694. The molecule has 1 aliphatic carbocycles. The normalized spacial score (nSPS) is 13.8. The zero-order valence-electron chi connectivity index (χ0n) is 14.1. The molecule has 4 heteroatoms. The highest BCUT2D eigenvalue weighted by Crippen LogP contribution is 2.41. The van der Waals surface area contributed by atoms with Crippen molar-refractivity contribution in [2.45, 2.75) is 11.8 Å². The van der Waals surface area contributed by atoms with Gasteiger partial charge in [0.15, 0.2) is 0 Å². The Bertz CT molecular complexity index is 1140. The van der Waals surface area contributed by atoms with Crippen molar-refractivity contribution in [3.63, 3.8) is 0 Å². The van der Waals surface area contributed by atoms with Gasteiger partial charge in [-0.25, -0.2) is 8.42 Å². The molecule has 3 nitrogen and oxygen atoms in total. The first kappa shape index (κ1) is 16.5. The van der Waals surface area contributed by atoms with Crippen LogP contribution in [-0.4, -0.2) is 14.2 Å². The maximum Gasteiger partial charge on any atom is 0.211 e. The third-order valence-electron chi connectivity index (χ3n) is 4.54. The molecule has 0 saturated heterocycles. The lowest BCUT2D eigenvalue weighted by atomic mass is 9.98. The molecule has 0 heterocycles. The number of ketones is 1. The third kappa shape index (κ3) is 2.50. The molecule has 0 atom stereocenters. The van der Waals surface area contributed by atoms with Crippen LogP contribution < -0.4 is 0 Å². The van der Waals surface area contributed by atoms with Crippen molar-refractivity contribution in [2.24, 2.45) is 0 Å². The maximum atomic E-state index is 13.3. The van der Waals surface area contributed by atoms with Crippen molar-refractivity contribution in [1.82, 2.24) is 0 Å². The summed E-state index contributed by atoms with van der Waals surface area (Å²) in [7, 11) is -3.93. The van der Waals surface area contributed by atoms with Gasteiger partial charge in [0.05, 0.1) is 4.90 Å². The first-order chi connectivity index (χ1) is 12.5. The second-order valence-electron chi connectivity index (χ2n) is 6.26. The Morgan fingerprint density at radius 2 is 1.27 bits per heavy atom. The van der Waals surface area contributed by atoms with Crippen LogP contribution in [0, 0.1) is 6.92 Å². The average Bonchev–Trinajstić information content (AvgIpc) is 2.97. The second-order valence-corrected chi connectivity index (χ2v) is 8.15. The molecule has 26 heavy (non-hydrogen) atoms. The molecule has 4 rings (SSSR count). The Morgan fingerprint density at radius 3 is 1.92 bits per heavy atom. The van der Waals surface area contributed by atoms with Crippen LogP contribution in [-0.2, 0) is 9.84 Å². The van der Waals surface area contributed by atoms with Gasteiger partial charge >= 0.3 is 0 Å². The molecule has 0 saturated carbocycles. The minimum Gasteiger partial charge on any atom is -0.288 e. The molecule has 0 amide bonds. The Balaban J connectivity index is 2.04. The van der Waals surface area contributed by atoms with Crippen LogP contribution in [0.25, 0.3) is 5.57 Å². The molecule has 0 N–H and O–H groups in total. The molecule has 0 spiro atoms. The van der Waals surface area contributed by atoms with E-state index in [1.807, 2.05) is 37.3 Å². The van der Waals surface area contributed by atoms with Crippen molar-refractivity contribution in [2.75, 3.05) is 0 Å². The number of hydrogen-bond acceptors (Lipinski definition) is 3. The van der Waals surface area contributed by atoms with Gasteiger partial charge < -0.3 is 0 Å². The summed E-state index contributed by atoms with van der Waals surface area (Å²) in [4.78, 5) is 13.0. The third-order valence-corrected chi connectivity index (χ3v) is 6.36. The van der Waals surface area contributed by atoms with Gasteiger partial charge in [-0.15, -0.1) is 0 Å². The first-order valence-electron chi connectivity index (χ1n) is 8.26. The summed E-state index contributed by atoms with van der Waals surface area (Å²) in [6.45, 7) is 1.97. The lowest BCUT2D eigenvalue weighted by Crippen LogP contribution is -2.12. The number of benzene rings is 3. The van der Waals surface area contributed by atoms with Gasteiger partial charge in [0.2, 0.25) is 15.6 Å². The highest BCUT2D eigenvalue weighted by atomic mass is 32.2. The highest BCUT2D eigenvalue weighted by molar-refractivity contribution is 7.96. The van der Waals surface area contributed by atoms with E-state index < -0.39 is 15.6 Å². The van der Waals surface area contributed by atoms with Crippen LogP contribution in [0.4, 0.5) is 0 Å².